The molecule has 3 heteroatoms. The lowest BCUT2D eigenvalue weighted by molar-refractivity contribution is 0.153. The Kier molecular flexibility index (Phi) is 1.53. The molecule has 1 fully saturated rings. The Morgan fingerprint density at radius 3 is 2.93 bits per heavy atom. The van der Waals surface area contributed by atoms with E-state index in [9.17, 15) is 5.11 Å². The largest absolute Gasteiger partial charge is 0.385 e. The first-order chi connectivity index (χ1) is 6.69. The Morgan fingerprint density at radius 1 is 1.43 bits per heavy atom. The van der Waals surface area contributed by atoms with Gasteiger partial charge in [0.2, 0.25) is 0 Å². The molecule has 1 heterocycles. The quantitative estimate of drug-likeness (QED) is 0.776. The number of aromatic nitrogens is 1. The van der Waals surface area contributed by atoms with Crippen LogP contribution in [0.2, 0.25) is 0 Å². The number of fused-ring (bicyclic) bond motifs is 1. The van der Waals surface area contributed by atoms with Crippen LogP contribution in [0.1, 0.15) is 23.4 Å². The summed E-state index contributed by atoms with van der Waals surface area (Å²) in [4.78, 5) is 4.48. The van der Waals surface area contributed by atoms with Crippen molar-refractivity contribution in [3.8, 4) is 0 Å². The summed E-state index contributed by atoms with van der Waals surface area (Å²) in [6.45, 7) is 2.01. The van der Waals surface area contributed by atoms with E-state index in [2.05, 4.69) is 11.1 Å². The van der Waals surface area contributed by atoms with E-state index in [1.54, 1.807) is 11.3 Å². The lowest BCUT2D eigenvalue weighted by Crippen LogP contribution is -2.04. The van der Waals surface area contributed by atoms with Gasteiger partial charge in [0.1, 0.15) is 0 Å². The van der Waals surface area contributed by atoms with E-state index in [0.717, 1.165) is 28.9 Å². The highest BCUT2D eigenvalue weighted by Gasteiger charge is 2.43. The maximum absolute atomic E-state index is 10.1. The van der Waals surface area contributed by atoms with Crippen LogP contribution >= 0.6 is 11.3 Å². The fourth-order valence-corrected chi connectivity index (χ4v) is 2.68. The normalized spacial score (nSPS) is 18.7. The van der Waals surface area contributed by atoms with Crippen molar-refractivity contribution in [3.63, 3.8) is 0 Å². The molecule has 0 amide bonds. The molecule has 2 aromatic rings. The van der Waals surface area contributed by atoms with E-state index in [-0.39, 0.29) is 0 Å². The zero-order chi connectivity index (χ0) is 9.76. The predicted octanol–water partition coefficient (Wildman–Crippen LogP) is 2.59. The summed E-state index contributed by atoms with van der Waals surface area (Å²) in [6.07, 6.45) is 1.76. The fraction of sp³-hybridized carbons (Fsp3) is 0.364. The van der Waals surface area contributed by atoms with Gasteiger partial charge >= 0.3 is 0 Å². The van der Waals surface area contributed by atoms with Gasteiger partial charge < -0.3 is 5.11 Å². The van der Waals surface area contributed by atoms with Crippen molar-refractivity contribution in [2.24, 2.45) is 0 Å². The monoisotopic (exact) mass is 205 g/mol. The van der Waals surface area contributed by atoms with E-state index in [1.807, 2.05) is 19.1 Å². The average molecular weight is 205 g/mol. The topological polar surface area (TPSA) is 33.1 Å². The molecule has 2 nitrogen and oxygen atoms in total. The number of benzene rings is 1. The van der Waals surface area contributed by atoms with Crippen molar-refractivity contribution in [1.82, 2.24) is 4.98 Å². The van der Waals surface area contributed by atoms with Gasteiger partial charge in [-0.15, -0.1) is 11.3 Å². The molecule has 72 valence electrons. The maximum Gasteiger partial charge on any atom is 0.0920 e. The van der Waals surface area contributed by atoms with Crippen molar-refractivity contribution in [3.05, 3.63) is 28.8 Å². The van der Waals surface area contributed by atoms with Gasteiger partial charge in [-0.1, -0.05) is 12.1 Å². The number of hydrogen-bond acceptors (Lipinski definition) is 3. The first kappa shape index (κ1) is 8.38. The van der Waals surface area contributed by atoms with Gasteiger partial charge in [0.15, 0.2) is 0 Å². The minimum atomic E-state index is -0.569. The van der Waals surface area contributed by atoms with Gasteiger partial charge in [0.25, 0.3) is 0 Å². The van der Waals surface area contributed by atoms with Crippen molar-refractivity contribution >= 4 is 21.6 Å². The van der Waals surface area contributed by atoms with Crippen LogP contribution < -0.4 is 0 Å². The molecule has 1 aliphatic carbocycles. The van der Waals surface area contributed by atoms with Crippen LogP contribution in [0.3, 0.4) is 0 Å². The molecule has 0 unspecified atom stereocenters. The summed E-state index contributed by atoms with van der Waals surface area (Å²) < 4.78 is 1.18. The molecule has 1 saturated carbocycles. The predicted molar refractivity (Wildman–Crippen MR) is 57.5 cm³/mol. The zero-order valence-electron chi connectivity index (χ0n) is 7.95. The first-order valence-corrected chi connectivity index (χ1v) is 5.60. The highest BCUT2D eigenvalue weighted by molar-refractivity contribution is 7.18. The highest BCUT2D eigenvalue weighted by Crippen LogP contribution is 2.47. The first-order valence-electron chi connectivity index (χ1n) is 4.78. The van der Waals surface area contributed by atoms with Crippen LogP contribution in [0.4, 0.5) is 0 Å². The van der Waals surface area contributed by atoms with Crippen LogP contribution in [0.5, 0.6) is 0 Å². The van der Waals surface area contributed by atoms with Gasteiger partial charge in [0.05, 0.1) is 20.8 Å². The SMILES string of the molecule is Cc1nc2c(C3(O)CC3)cccc2s1. The molecule has 0 spiro atoms. The summed E-state index contributed by atoms with van der Waals surface area (Å²) >= 11 is 1.69. The molecule has 14 heavy (non-hydrogen) atoms. The third-order valence-electron chi connectivity index (χ3n) is 2.75. The maximum atomic E-state index is 10.1. The molecule has 1 N–H and O–H groups in total. The molecule has 0 saturated heterocycles. The molecule has 1 aromatic heterocycles. The zero-order valence-corrected chi connectivity index (χ0v) is 8.77. The second kappa shape index (κ2) is 2.55. The summed E-state index contributed by atoms with van der Waals surface area (Å²) in [7, 11) is 0. The summed E-state index contributed by atoms with van der Waals surface area (Å²) in [5, 5.41) is 11.1. The van der Waals surface area contributed by atoms with E-state index >= 15 is 0 Å². The number of thiazole rings is 1. The van der Waals surface area contributed by atoms with Gasteiger partial charge in [0, 0.05) is 5.56 Å². The number of nitrogens with zero attached hydrogens (tertiary/aromatic N) is 1. The van der Waals surface area contributed by atoms with Gasteiger partial charge in [-0.3, -0.25) is 0 Å². The van der Waals surface area contributed by atoms with E-state index < -0.39 is 5.60 Å². The molecular weight excluding hydrogens is 194 g/mol. The second-order valence-electron chi connectivity index (χ2n) is 3.92. The van der Waals surface area contributed by atoms with Crippen molar-refractivity contribution < 1.29 is 5.11 Å². The minimum absolute atomic E-state index is 0.569. The Bertz CT molecular complexity index is 499. The summed E-state index contributed by atoms with van der Waals surface area (Å²) in [6, 6.07) is 6.06. The number of hydrogen-bond donors (Lipinski definition) is 1. The molecule has 1 aliphatic rings. The van der Waals surface area contributed by atoms with Gasteiger partial charge in [-0.25, -0.2) is 4.98 Å². The Hall–Kier alpha value is -0.930. The summed E-state index contributed by atoms with van der Waals surface area (Å²) in [5.41, 5.74) is 1.44. The number of rotatable bonds is 1. The smallest absolute Gasteiger partial charge is 0.0920 e. The van der Waals surface area contributed by atoms with Crippen LogP contribution in [0.15, 0.2) is 18.2 Å². The van der Waals surface area contributed by atoms with Crippen LogP contribution in [-0.4, -0.2) is 10.1 Å². The Labute approximate surface area is 86.2 Å². The number of aryl methyl sites for hydroxylation is 1. The van der Waals surface area contributed by atoms with E-state index in [1.165, 1.54) is 4.70 Å². The highest BCUT2D eigenvalue weighted by atomic mass is 32.1. The van der Waals surface area contributed by atoms with Crippen molar-refractivity contribution in [1.29, 1.82) is 0 Å². The van der Waals surface area contributed by atoms with Crippen LogP contribution in [-0.2, 0) is 5.60 Å². The minimum Gasteiger partial charge on any atom is -0.385 e. The van der Waals surface area contributed by atoms with E-state index in [4.69, 9.17) is 0 Å². The average Bonchev–Trinajstić information content (AvgIpc) is 2.78. The molecule has 0 aliphatic heterocycles. The molecule has 3 rings (SSSR count). The Balaban J connectivity index is 2.32. The molecule has 1 aromatic carbocycles. The second-order valence-corrected chi connectivity index (χ2v) is 5.15. The van der Waals surface area contributed by atoms with Gasteiger partial charge in [-0.05, 0) is 25.8 Å². The molecule has 0 bridgehead atoms. The molecular formula is C11H11NOS. The third kappa shape index (κ3) is 1.09. The van der Waals surface area contributed by atoms with Crippen molar-refractivity contribution in [2.45, 2.75) is 25.4 Å². The lowest BCUT2D eigenvalue weighted by Gasteiger charge is -2.07. The summed E-state index contributed by atoms with van der Waals surface area (Å²) in [5.74, 6) is 0. The van der Waals surface area contributed by atoms with E-state index in [0.29, 0.717) is 0 Å². The number of para-hydroxylation sites is 1. The Morgan fingerprint density at radius 2 is 2.21 bits per heavy atom. The molecule has 0 radical (unpaired) electrons. The lowest BCUT2D eigenvalue weighted by atomic mass is 10.1. The fourth-order valence-electron chi connectivity index (χ4n) is 1.82. The number of aliphatic hydroxyl groups is 1. The third-order valence-corrected chi connectivity index (χ3v) is 3.69. The standard InChI is InChI=1S/C11H11NOS/c1-7-12-10-8(11(13)5-6-11)3-2-4-9(10)14-7/h2-4,13H,5-6H2,1H3. The van der Waals surface area contributed by atoms with Gasteiger partial charge in [-0.2, -0.15) is 0 Å². The molecule has 0 atom stereocenters. The van der Waals surface area contributed by atoms with Crippen molar-refractivity contribution in [2.75, 3.05) is 0 Å². The van der Waals surface area contributed by atoms with Crippen LogP contribution in [0.25, 0.3) is 10.2 Å². The van der Waals surface area contributed by atoms with Crippen LogP contribution in [0, 0.1) is 6.92 Å².